The van der Waals surface area contributed by atoms with Gasteiger partial charge in [0, 0.05) is 26.4 Å². The third kappa shape index (κ3) is 12.9. The molecule has 0 aromatic heterocycles. The summed E-state index contributed by atoms with van der Waals surface area (Å²) >= 11 is 0. The van der Waals surface area contributed by atoms with Crippen LogP contribution in [0.25, 0.3) is 0 Å². The van der Waals surface area contributed by atoms with Gasteiger partial charge in [0.2, 0.25) is 5.91 Å². The van der Waals surface area contributed by atoms with Gasteiger partial charge in [0.05, 0.1) is 57.4 Å². The average Bonchev–Trinajstić information content (AvgIpc) is 3.05. The molecule has 0 aliphatic carbocycles. The number of aliphatic carboxylic acids is 1. The highest BCUT2D eigenvalue weighted by Crippen LogP contribution is 2.34. The summed E-state index contributed by atoms with van der Waals surface area (Å²) in [7, 11) is 0. The Kier molecular flexibility index (Phi) is 19.9. The van der Waals surface area contributed by atoms with Gasteiger partial charge in [-0.3, -0.25) is 4.79 Å². The molecule has 0 radical (unpaired) electrons. The van der Waals surface area contributed by atoms with E-state index in [-0.39, 0.29) is 13.0 Å². The van der Waals surface area contributed by atoms with E-state index in [2.05, 4.69) is 5.32 Å². The maximum Gasteiger partial charge on any atom is 0.364 e. The van der Waals surface area contributed by atoms with E-state index < -0.39 is 136 Å². The molecule has 284 valence electrons. The topological polar surface area (TPSA) is 346 Å². The number of aliphatic hydroxyl groups excluding tert-OH is 12. The minimum absolute atomic E-state index is 0.246. The summed E-state index contributed by atoms with van der Waals surface area (Å²) in [5.74, 6) is -5.49. The van der Waals surface area contributed by atoms with Crippen molar-refractivity contribution in [2.75, 3.05) is 39.6 Å². The highest BCUT2D eigenvalue weighted by atomic mass is 16.7. The quantitative estimate of drug-likeness (QED) is 0.0414. The maximum absolute atomic E-state index is 12.2. The fourth-order valence-electron chi connectivity index (χ4n) is 4.93. The van der Waals surface area contributed by atoms with Gasteiger partial charge in [-0.05, 0) is 6.42 Å². The molecule has 1 saturated heterocycles. The molecule has 1 rings (SSSR count). The number of amides is 1. The second-order valence-electron chi connectivity index (χ2n) is 11.7. The van der Waals surface area contributed by atoms with E-state index in [1.54, 1.807) is 0 Å². The second-order valence-corrected chi connectivity index (χ2v) is 11.7. The van der Waals surface area contributed by atoms with Gasteiger partial charge in [-0.15, -0.1) is 0 Å². The van der Waals surface area contributed by atoms with Gasteiger partial charge in [-0.25, -0.2) is 4.79 Å². The lowest BCUT2D eigenvalue weighted by molar-refractivity contribution is -0.317. The molecule has 1 aliphatic heterocycles. The van der Waals surface area contributed by atoms with Crippen molar-refractivity contribution in [2.45, 2.75) is 125 Å². The van der Waals surface area contributed by atoms with Gasteiger partial charge in [0.1, 0.15) is 54.9 Å². The Bertz CT molecular complexity index is 933. The third-order valence-corrected chi connectivity index (χ3v) is 7.78. The lowest BCUT2D eigenvalue weighted by Gasteiger charge is -2.46. The second kappa shape index (κ2) is 21.5. The third-order valence-electron chi connectivity index (χ3n) is 7.78. The molecule has 14 N–H and O–H groups in total. The highest BCUT2D eigenvalue weighted by Gasteiger charge is 2.56. The van der Waals surface area contributed by atoms with E-state index in [9.17, 15) is 76.0 Å². The van der Waals surface area contributed by atoms with Gasteiger partial charge in [0.15, 0.2) is 0 Å². The molecule has 48 heavy (non-hydrogen) atoms. The standard InChI is InChI=1S/C28H53NO19/c1-3-4-5-45-14(8-30)6-15(34)25(18(37)10-32)46-11-19(38)22(40)23(41)20(39)12-47-28(27(43)44)7-16(35)21(29-13(2)33)26(48-28)24(42)17(36)9-31/h14-26,30-32,34-42H,3-12H2,1-2H3,(H,29,33)(H,43,44)/t14?,15-,16-,17-,18?,19?,20?,21-,22-,23+,24-,25+,26?,28-/m1/s1. The van der Waals surface area contributed by atoms with E-state index in [4.69, 9.17) is 18.9 Å². The van der Waals surface area contributed by atoms with Crippen molar-refractivity contribution in [3.05, 3.63) is 0 Å². The first-order chi connectivity index (χ1) is 22.5. The van der Waals surface area contributed by atoms with Gasteiger partial charge in [0.25, 0.3) is 5.79 Å². The van der Waals surface area contributed by atoms with Gasteiger partial charge in [-0.2, -0.15) is 0 Å². The van der Waals surface area contributed by atoms with E-state index in [0.717, 1.165) is 13.3 Å². The van der Waals surface area contributed by atoms with Crippen LogP contribution in [0.2, 0.25) is 0 Å². The van der Waals surface area contributed by atoms with Crippen molar-refractivity contribution in [1.82, 2.24) is 5.32 Å². The largest absolute Gasteiger partial charge is 0.477 e. The number of carboxylic acids is 1. The van der Waals surface area contributed by atoms with Crippen LogP contribution in [0.5, 0.6) is 0 Å². The number of carbonyl (C=O) groups excluding carboxylic acids is 1. The van der Waals surface area contributed by atoms with Gasteiger partial charge >= 0.3 is 5.97 Å². The molecule has 1 aliphatic rings. The monoisotopic (exact) mass is 707 g/mol. The van der Waals surface area contributed by atoms with Crippen LogP contribution in [-0.4, -0.2) is 203 Å². The first-order valence-corrected chi connectivity index (χ1v) is 15.5. The molecular weight excluding hydrogens is 654 g/mol. The number of aliphatic hydroxyl groups is 12. The van der Waals surface area contributed by atoms with Crippen molar-refractivity contribution in [1.29, 1.82) is 0 Å². The molecular formula is C28H53NO19. The number of hydrogen-bond donors (Lipinski definition) is 14. The minimum atomic E-state index is -2.86. The van der Waals surface area contributed by atoms with Crippen molar-refractivity contribution in [3.8, 4) is 0 Å². The molecule has 0 saturated carbocycles. The molecule has 0 aromatic carbocycles. The molecule has 1 heterocycles. The van der Waals surface area contributed by atoms with E-state index in [1.807, 2.05) is 6.92 Å². The lowest BCUT2D eigenvalue weighted by Crippen LogP contribution is -2.68. The first-order valence-electron chi connectivity index (χ1n) is 15.5. The number of nitrogens with one attached hydrogen (secondary N) is 1. The van der Waals surface area contributed by atoms with Crippen LogP contribution in [0.1, 0.15) is 39.5 Å². The number of carboxylic acid groups (broad SMARTS) is 1. The Morgan fingerprint density at radius 1 is 0.854 bits per heavy atom. The molecule has 1 amide bonds. The Labute approximate surface area is 276 Å². The van der Waals surface area contributed by atoms with Gasteiger partial charge in [-0.1, -0.05) is 13.3 Å². The van der Waals surface area contributed by atoms with E-state index >= 15 is 0 Å². The lowest BCUT2D eigenvalue weighted by atomic mass is 9.88. The molecule has 20 nitrogen and oxygen atoms in total. The average molecular weight is 708 g/mol. The van der Waals surface area contributed by atoms with Gasteiger partial charge < -0.3 is 90.6 Å². The maximum atomic E-state index is 12.2. The molecule has 5 unspecified atom stereocenters. The Morgan fingerprint density at radius 2 is 1.44 bits per heavy atom. The first kappa shape index (κ1) is 44.3. The number of ether oxygens (including phenoxy) is 4. The van der Waals surface area contributed by atoms with Crippen molar-refractivity contribution >= 4 is 11.9 Å². The molecule has 20 heteroatoms. The number of hydrogen-bond acceptors (Lipinski definition) is 18. The zero-order valence-electron chi connectivity index (χ0n) is 26.8. The Morgan fingerprint density at radius 3 is 1.94 bits per heavy atom. The summed E-state index contributed by atoms with van der Waals surface area (Å²) in [6, 6.07) is -1.49. The van der Waals surface area contributed by atoms with Crippen LogP contribution in [0, 0.1) is 0 Å². The van der Waals surface area contributed by atoms with Crippen LogP contribution >= 0.6 is 0 Å². The predicted molar refractivity (Wildman–Crippen MR) is 158 cm³/mol. The van der Waals surface area contributed by atoms with Crippen LogP contribution in [0.4, 0.5) is 0 Å². The summed E-state index contributed by atoms with van der Waals surface area (Å²) in [5.41, 5.74) is 0. The van der Waals surface area contributed by atoms with Crippen molar-refractivity contribution in [2.24, 2.45) is 0 Å². The minimum Gasteiger partial charge on any atom is -0.477 e. The Balaban J connectivity index is 2.96. The summed E-state index contributed by atoms with van der Waals surface area (Å²) in [6.45, 7) is -1.15. The number of unbranched alkanes of at least 4 members (excludes halogenated alkanes) is 1. The molecule has 1 fully saturated rings. The smallest absolute Gasteiger partial charge is 0.364 e. The summed E-state index contributed by atoms with van der Waals surface area (Å²) < 4.78 is 21.4. The fourth-order valence-corrected chi connectivity index (χ4v) is 4.93. The van der Waals surface area contributed by atoms with Crippen LogP contribution in [0.15, 0.2) is 0 Å². The summed E-state index contributed by atoms with van der Waals surface area (Å²) in [4.78, 5) is 23.9. The van der Waals surface area contributed by atoms with Crippen molar-refractivity contribution < 1.29 is 94.9 Å². The SMILES string of the molecule is CCCCOC(CO)C[C@@H](O)[C@H](OCC(O)[C@@H](O)[C@@H](O)C(O)CO[C@]1(C(=O)O)C[C@@H](O)[C@@H](NC(C)=O)C([C@H](O)[C@H](O)CO)O1)C(O)CO. The molecule has 0 spiro atoms. The Hall–Kier alpha value is -1.70. The normalized spacial score (nSPS) is 27.9. The van der Waals surface area contributed by atoms with Crippen LogP contribution in [-0.2, 0) is 28.5 Å². The summed E-state index contributed by atoms with van der Waals surface area (Å²) in [5, 5.41) is 134. The molecule has 0 bridgehead atoms. The highest BCUT2D eigenvalue weighted by molar-refractivity contribution is 5.76. The van der Waals surface area contributed by atoms with Crippen molar-refractivity contribution in [3.63, 3.8) is 0 Å². The predicted octanol–water partition coefficient (Wildman–Crippen LogP) is -6.74. The van der Waals surface area contributed by atoms with E-state index in [1.165, 1.54) is 0 Å². The van der Waals surface area contributed by atoms with E-state index in [0.29, 0.717) is 6.42 Å². The number of carbonyl (C=O) groups is 2. The molecule has 0 aromatic rings. The summed E-state index contributed by atoms with van der Waals surface area (Å²) in [6.07, 6.45) is -21.6. The zero-order chi connectivity index (χ0) is 36.8. The number of rotatable bonds is 24. The van der Waals surface area contributed by atoms with Crippen LogP contribution in [0.3, 0.4) is 0 Å². The van der Waals surface area contributed by atoms with Crippen LogP contribution < -0.4 is 5.32 Å². The molecule has 14 atom stereocenters. The fraction of sp³-hybridized carbons (Fsp3) is 0.929. The zero-order valence-corrected chi connectivity index (χ0v) is 26.8.